The Balaban J connectivity index is 1.97. The number of hydrogen-bond acceptors (Lipinski definition) is 4. The highest BCUT2D eigenvalue weighted by atomic mass is 32.2. The Morgan fingerprint density at radius 3 is 2.95 bits per heavy atom. The smallest absolute Gasteiger partial charge is 0.253 e. The minimum absolute atomic E-state index is 0.0880. The second kappa shape index (κ2) is 6.56. The fourth-order valence-electron chi connectivity index (χ4n) is 2.04. The monoisotopic (exact) mass is 281 g/mol. The Kier molecular flexibility index (Phi) is 4.79. The first kappa shape index (κ1) is 13.9. The van der Waals surface area contributed by atoms with Gasteiger partial charge in [0.2, 0.25) is 0 Å². The Morgan fingerprint density at radius 2 is 2.16 bits per heavy atom. The largest absolute Gasteiger partial charge is 0.382 e. The second-order valence-corrected chi connectivity index (χ2v) is 6.02. The molecule has 0 fully saturated rings. The van der Waals surface area contributed by atoms with Crippen LogP contribution in [0.2, 0.25) is 0 Å². The van der Waals surface area contributed by atoms with Crippen molar-refractivity contribution in [2.24, 2.45) is 0 Å². The Hall–Kier alpha value is -1.56. The van der Waals surface area contributed by atoms with Gasteiger partial charge in [0.15, 0.2) is 0 Å². The van der Waals surface area contributed by atoms with E-state index in [4.69, 9.17) is 0 Å². The van der Waals surface area contributed by atoms with Gasteiger partial charge in [-0.3, -0.25) is 9.00 Å². The highest BCUT2D eigenvalue weighted by Crippen LogP contribution is 2.28. The topological polar surface area (TPSA) is 70.2 Å². The van der Waals surface area contributed by atoms with Gasteiger partial charge in [0.1, 0.15) is 0 Å². The maximum atomic E-state index is 12.1. The van der Waals surface area contributed by atoms with E-state index in [1.807, 2.05) is 18.2 Å². The molecule has 1 unspecified atom stereocenters. The van der Waals surface area contributed by atoms with Crippen molar-refractivity contribution in [3.8, 4) is 0 Å². The van der Waals surface area contributed by atoms with Crippen LogP contribution in [0.4, 0.5) is 11.4 Å². The lowest BCUT2D eigenvalue weighted by atomic mass is 10.1. The number of carbonyl (C=O) groups excluding carboxylic acids is 1. The predicted octanol–water partition coefficient (Wildman–Crippen LogP) is 1.02. The van der Waals surface area contributed by atoms with E-state index in [0.717, 1.165) is 30.9 Å². The van der Waals surface area contributed by atoms with Crippen molar-refractivity contribution >= 4 is 28.1 Å². The van der Waals surface area contributed by atoms with Crippen LogP contribution in [0.1, 0.15) is 16.8 Å². The molecule has 2 rings (SSSR count). The molecule has 0 saturated carbocycles. The zero-order valence-electron chi connectivity index (χ0n) is 11.0. The maximum absolute atomic E-state index is 12.1. The summed E-state index contributed by atoms with van der Waals surface area (Å²) in [6.07, 6.45) is 2.40. The molecule has 1 aromatic rings. The van der Waals surface area contributed by atoms with Gasteiger partial charge in [0.25, 0.3) is 5.91 Å². The fourth-order valence-corrected chi connectivity index (χ4v) is 2.59. The molecule has 1 amide bonds. The van der Waals surface area contributed by atoms with Gasteiger partial charge >= 0.3 is 0 Å². The van der Waals surface area contributed by atoms with E-state index in [0.29, 0.717) is 17.9 Å². The van der Waals surface area contributed by atoms with Gasteiger partial charge in [-0.05, 0) is 18.6 Å². The van der Waals surface area contributed by atoms with E-state index in [1.165, 1.54) is 0 Å². The first-order valence-electron chi connectivity index (χ1n) is 6.37. The van der Waals surface area contributed by atoms with Crippen molar-refractivity contribution in [1.82, 2.24) is 5.32 Å². The van der Waals surface area contributed by atoms with Crippen molar-refractivity contribution in [3.05, 3.63) is 23.8 Å². The summed E-state index contributed by atoms with van der Waals surface area (Å²) < 4.78 is 10.9. The van der Waals surface area contributed by atoms with E-state index in [-0.39, 0.29) is 5.91 Å². The molecule has 0 spiro atoms. The summed E-state index contributed by atoms with van der Waals surface area (Å²) >= 11 is 0. The molecule has 1 aromatic carbocycles. The van der Waals surface area contributed by atoms with Crippen LogP contribution in [-0.4, -0.2) is 41.8 Å². The van der Waals surface area contributed by atoms with Crippen molar-refractivity contribution in [2.75, 3.05) is 42.3 Å². The van der Waals surface area contributed by atoms with Gasteiger partial charge in [-0.2, -0.15) is 0 Å². The van der Waals surface area contributed by atoms with E-state index in [1.54, 1.807) is 6.26 Å². The van der Waals surface area contributed by atoms with Crippen LogP contribution in [-0.2, 0) is 10.8 Å². The third kappa shape index (κ3) is 3.70. The molecule has 0 aromatic heterocycles. The van der Waals surface area contributed by atoms with Crippen molar-refractivity contribution in [1.29, 1.82) is 0 Å². The van der Waals surface area contributed by atoms with Gasteiger partial charge in [-0.15, -0.1) is 0 Å². The maximum Gasteiger partial charge on any atom is 0.253 e. The molecule has 0 saturated heterocycles. The van der Waals surface area contributed by atoms with Gasteiger partial charge in [0.05, 0.1) is 16.9 Å². The van der Waals surface area contributed by atoms with Crippen LogP contribution < -0.4 is 16.0 Å². The highest BCUT2D eigenvalue weighted by Gasteiger charge is 2.16. The summed E-state index contributed by atoms with van der Waals surface area (Å²) in [6, 6.07) is 5.64. The summed E-state index contributed by atoms with van der Waals surface area (Å²) in [5.74, 6) is 0.530. The molecule has 1 heterocycles. The lowest BCUT2D eigenvalue weighted by Gasteiger charge is -2.22. The molecule has 0 bridgehead atoms. The molecule has 0 radical (unpaired) electrons. The lowest BCUT2D eigenvalue weighted by Crippen LogP contribution is -2.28. The van der Waals surface area contributed by atoms with Crippen LogP contribution in [0.3, 0.4) is 0 Å². The number of benzene rings is 1. The summed E-state index contributed by atoms with van der Waals surface area (Å²) in [4.78, 5) is 12.1. The van der Waals surface area contributed by atoms with E-state index < -0.39 is 10.8 Å². The van der Waals surface area contributed by atoms with E-state index >= 15 is 0 Å². The number of carbonyl (C=O) groups is 1. The average molecular weight is 281 g/mol. The summed E-state index contributed by atoms with van der Waals surface area (Å²) in [7, 11) is -0.800. The number of amides is 1. The van der Waals surface area contributed by atoms with E-state index in [2.05, 4.69) is 16.0 Å². The van der Waals surface area contributed by atoms with Crippen LogP contribution >= 0.6 is 0 Å². The van der Waals surface area contributed by atoms with Gasteiger partial charge in [0, 0.05) is 42.4 Å². The van der Waals surface area contributed by atoms with Crippen molar-refractivity contribution in [3.63, 3.8) is 0 Å². The standard InChI is InChI=1S/C13H19N3O2S/c1-19(18)9-3-6-16-13(17)10-4-2-5-11-12(10)15-8-7-14-11/h2,4-5,14-15H,3,6-9H2,1H3,(H,16,17). The number of fused-ring (bicyclic) bond motifs is 1. The number of rotatable bonds is 5. The Bertz CT molecular complexity index is 491. The highest BCUT2D eigenvalue weighted by molar-refractivity contribution is 7.84. The normalized spacial score (nSPS) is 14.8. The fraction of sp³-hybridized carbons (Fsp3) is 0.462. The Labute approximate surface area is 115 Å². The van der Waals surface area contributed by atoms with Gasteiger partial charge in [-0.25, -0.2) is 0 Å². The molecule has 6 heteroatoms. The van der Waals surface area contributed by atoms with E-state index in [9.17, 15) is 9.00 Å². The molecule has 1 aliphatic rings. The number of hydrogen-bond donors (Lipinski definition) is 3. The summed E-state index contributed by atoms with van der Waals surface area (Å²) in [6.45, 7) is 2.22. The SMILES string of the molecule is CS(=O)CCCNC(=O)c1cccc2c1NCCN2. The third-order valence-corrected chi connectivity index (χ3v) is 3.81. The van der Waals surface area contributed by atoms with Crippen molar-refractivity contribution < 1.29 is 9.00 Å². The van der Waals surface area contributed by atoms with Crippen LogP contribution in [0.25, 0.3) is 0 Å². The molecule has 1 atom stereocenters. The molecule has 1 aliphatic heterocycles. The summed E-state index contributed by atoms with van der Waals surface area (Å²) in [5, 5.41) is 9.37. The zero-order chi connectivity index (χ0) is 13.7. The van der Waals surface area contributed by atoms with Gasteiger partial charge < -0.3 is 16.0 Å². The summed E-state index contributed by atoms with van der Waals surface area (Å²) in [5.41, 5.74) is 2.49. The number of para-hydroxylation sites is 1. The molecule has 3 N–H and O–H groups in total. The Morgan fingerprint density at radius 1 is 1.37 bits per heavy atom. The minimum Gasteiger partial charge on any atom is -0.382 e. The molecule has 5 nitrogen and oxygen atoms in total. The first-order chi connectivity index (χ1) is 9.18. The number of nitrogens with one attached hydrogen (secondary N) is 3. The van der Waals surface area contributed by atoms with Crippen LogP contribution in [0.5, 0.6) is 0 Å². The van der Waals surface area contributed by atoms with Crippen LogP contribution in [0, 0.1) is 0 Å². The minimum atomic E-state index is -0.800. The number of anilines is 2. The zero-order valence-corrected chi connectivity index (χ0v) is 11.8. The molecular formula is C13H19N3O2S. The molecular weight excluding hydrogens is 262 g/mol. The van der Waals surface area contributed by atoms with Crippen molar-refractivity contribution in [2.45, 2.75) is 6.42 Å². The van der Waals surface area contributed by atoms with Crippen LogP contribution in [0.15, 0.2) is 18.2 Å². The molecule has 19 heavy (non-hydrogen) atoms. The van der Waals surface area contributed by atoms with Gasteiger partial charge in [-0.1, -0.05) is 6.07 Å². The molecule has 104 valence electrons. The quantitative estimate of drug-likeness (QED) is 0.705. The average Bonchev–Trinajstić information content (AvgIpc) is 2.42. The third-order valence-electron chi connectivity index (χ3n) is 2.95. The molecule has 0 aliphatic carbocycles. The lowest BCUT2D eigenvalue weighted by molar-refractivity contribution is 0.0954. The predicted molar refractivity (Wildman–Crippen MR) is 79.3 cm³/mol. The second-order valence-electron chi connectivity index (χ2n) is 4.47. The first-order valence-corrected chi connectivity index (χ1v) is 8.10.